The first-order valence-electron chi connectivity index (χ1n) is 9.39. The van der Waals surface area contributed by atoms with E-state index in [0.29, 0.717) is 17.8 Å². The SMILES string of the molecule is CN/C(=C\C=[SiH2])[C@H]1CC(F)(F)C[C@@H]1Oc1cc(F)c(S(=O)(=O)Nc2ccncn2)c(F)c1. The van der Waals surface area contributed by atoms with Crippen LogP contribution in [0.4, 0.5) is 23.4 Å². The third kappa shape index (κ3) is 5.33. The maximum absolute atomic E-state index is 14.6. The number of allylic oxidation sites excluding steroid dienone is 1. The van der Waals surface area contributed by atoms with Gasteiger partial charge in [0.1, 0.15) is 35.6 Å². The van der Waals surface area contributed by atoms with Crippen molar-refractivity contribution in [2.24, 2.45) is 5.92 Å². The van der Waals surface area contributed by atoms with Gasteiger partial charge >= 0.3 is 0 Å². The van der Waals surface area contributed by atoms with Crippen LogP contribution in [0.5, 0.6) is 5.75 Å². The number of rotatable bonds is 8. The van der Waals surface area contributed by atoms with E-state index in [1.165, 1.54) is 22.1 Å². The van der Waals surface area contributed by atoms with Gasteiger partial charge in [0.25, 0.3) is 15.9 Å². The standard InChI is InChI=1S/C19H20F4N4O3SSi/c1-24-15(3-5-32)12-8-19(22,23)9-16(12)30-11-6-13(20)18(14(21)7-11)31(28,29)27-17-2-4-25-10-26-17/h2-7,10,12,16,24H,8-9,32H2,1H3,(H,25,26,27)/b15-3-/t12-,16+/m1/s1. The summed E-state index contributed by atoms with van der Waals surface area (Å²) in [5, 5.41) is 2.85. The van der Waals surface area contributed by atoms with Gasteiger partial charge in [-0.2, -0.15) is 0 Å². The van der Waals surface area contributed by atoms with Crippen LogP contribution in [0.3, 0.4) is 0 Å². The van der Waals surface area contributed by atoms with Crippen LogP contribution in [0.25, 0.3) is 0 Å². The molecule has 2 aromatic rings. The van der Waals surface area contributed by atoms with E-state index < -0.39 is 63.1 Å². The Morgan fingerprint density at radius 1 is 1.28 bits per heavy atom. The third-order valence-corrected chi connectivity index (χ3v) is 6.44. The van der Waals surface area contributed by atoms with Gasteiger partial charge in [-0.25, -0.2) is 35.9 Å². The van der Waals surface area contributed by atoms with E-state index in [2.05, 4.69) is 15.3 Å². The van der Waals surface area contributed by atoms with Crippen LogP contribution in [0.15, 0.2) is 47.4 Å². The molecule has 0 saturated heterocycles. The molecule has 1 aromatic carbocycles. The lowest BCUT2D eigenvalue weighted by molar-refractivity contribution is -0.00168. The zero-order valence-electron chi connectivity index (χ0n) is 16.9. The Kier molecular flexibility index (Phi) is 6.98. The average molecular weight is 489 g/mol. The summed E-state index contributed by atoms with van der Waals surface area (Å²) in [6, 6.07) is 2.51. The summed E-state index contributed by atoms with van der Waals surface area (Å²) < 4.78 is 89.7. The number of hydrogen-bond acceptors (Lipinski definition) is 6. The molecule has 1 heterocycles. The third-order valence-electron chi connectivity index (χ3n) is 4.80. The molecule has 0 spiro atoms. The normalized spacial score (nSPS) is 20.6. The highest BCUT2D eigenvalue weighted by Crippen LogP contribution is 2.43. The minimum Gasteiger partial charge on any atom is -0.489 e. The molecule has 2 atom stereocenters. The summed E-state index contributed by atoms with van der Waals surface area (Å²) in [6.45, 7) is 0. The van der Waals surface area contributed by atoms with Gasteiger partial charge in [-0.1, -0.05) is 5.67 Å². The van der Waals surface area contributed by atoms with E-state index in [1.807, 2.05) is 4.72 Å². The van der Waals surface area contributed by atoms with Gasteiger partial charge in [0.15, 0.2) is 4.90 Å². The molecular formula is C19H20F4N4O3SSi. The summed E-state index contributed by atoms with van der Waals surface area (Å²) in [5.41, 5.74) is 2.19. The fourth-order valence-corrected chi connectivity index (χ4v) is 4.89. The first-order valence-corrected chi connectivity index (χ1v) is 11.7. The first-order chi connectivity index (χ1) is 15.1. The Bertz CT molecular complexity index is 1110. The van der Waals surface area contributed by atoms with Crippen molar-refractivity contribution in [3.63, 3.8) is 0 Å². The second kappa shape index (κ2) is 9.36. The van der Waals surface area contributed by atoms with Gasteiger partial charge in [0.05, 0.1) is 0 Å². The van der Waals surface area contributed by atoms with Crippen LogP contribution in [0.2, 0.25) is 0 Å². The number of hydrogen-bond donors (Lipinski definition) is 2. The second-order valence-corrected chi connectivity index (χ2v) is 9.14. The van der Waals surface area contributed by atoms with Crippen molar-refractivity contribution in [1.29, 1.82) is 0 Å². The van der Waals surface area contributed by atoms with Crippen LogP contribution in [0, 0.1) is 17.6 Å². The van der Waals surface area contributed by atoms with Crippen LogP contribution in [0.1, 0.15) is 12.8 Å². The molecule has 1 aliphatic rings. The van der Waals surface area contributed by atoms with E-state index >= 15 is 0 Å². The number of halogens is 4. The number of sulfonamides is 1. The van der Waals surface area contributed by atoms with Crippen molar-refractivity contribution >= 4 is 31.4 Å². The summed E-state index contributed by atoms with van der Waals surface area (Å²) in [5.74, 6) is -7.22. The van der Waals surface area contributed by atoms with E-state index in [0.717, 1.165) is 6.33 Å². The summed E-state index contributed by atoms with van der Waals surface area (Å²) >= 11 is 0. The van der Waals surface area contributed by atoms with E-state index in [4.69, 9.17) is 4.74 Å². The molecule has 2 N–H and O–H groups in total. The smallest absolute Gasteiger partial charge is 0.268 e. The van der Waals surface area contributed by atoms with Crippen molar-refractivity contribution in [2.75, 3.05) is 11.8 Å². The molecule has 172 valence electrons. The van der Waals surface area contributed by atoms with Gasteiger partial charge in [-0.3, -0.25) is 4.72 Å². The van der Waals surface area contributed by atoms with Crippen LogP contribution < -0.4 is 14.8 Å². The lowest BCUT2D eigenvalue weighted by Gasteiger charge is -2.23. The molecule has 1 fully saturated rings. The van der Waals surface area contributed by atoms with Crippen molar-refractivity contribution in [3.8, 4) is 5.75 Å². The van der Waals surface area contributed by atoms with E-state index in [9.17, 15) is 26.0 Å². The van der Waals surface area contributed by atoms with Crippen molar-refractivity contribution < 1.29 is 30.7 Å². The number of ether oxygens (including phenoxy) is 1. The molecule has 0 bridgehead atoms. The minimum absolute atomic E-state index is 0.185. The Morgan fingerprint density at radius 2 is 1.97 bits per heavy atom. The number of alkyl halides is 2. The van der Waals surface area contributed by atoms with Gasteiger partial charge in [0, 0.05) is 49.8 Å². The maximum atomic E-state index is 14.6. The highest BCUT2D eigenvalue weighted by molar-refractivity contribution is 7.92. The number of nitrogens with zero attached hydrogens (tertiary/aromatic N) is 2. The quantitative estimate of drug-likeness (QED) is 0.436. The van der Waals surface area contributed by atoms with Crippen molar-refractivity contribution in [1.82, 2.24) is 15.3 Å². The molecule has 0 unspecified atom stereocenters. The maximum Gasteiger partial charge on any atom is 0.268 e. The predicted molar refractivity (Wildman–Crippen MR) is 113 cm³/mol. The Labute approximate surface area is 185 Å². The largest absolute Gasteiger partial charge is 0.489 e. The van der Waals surface area contributed by atoms with Gasteiger partial charge in [-0.15, -0.1) is 0 Å². The Morgan fingerprint density at radius 3 is 2.53 bits per heavy atom. The van der Waals surface area contributed by atoms with Crippen molar-refractivity contribution in [3.05, 3.63) is 54.1 Å². The van der Waals surface area contributed by atoms with Gasteiger partial charge < -0.3 is 10.1 Å². The molecule has 1 saturated carbocycles. The number of aromatic nitrogens is 2. The monoisotopic (exact) mass is 488 g/mol. The molecular weight excluding hydrogens is 468 g/mol. The van der Waals surface area contributed by atoms with Crippen LogP contribution >= 0.6 is 0 Å². The zero-order valence-corrected chi connectivity index (χ0v) is 19.1. The molecule has 7 nitrogen and oxygen atoms in total. The zero-order chi connectivity index (χ0) is 23.5. The lowest BCUT2D eigenvalue weighted by Crippen LogP contribution is -2.28. The molecule has 1 aromatic heterocycles. The molecule has 1 aliphatic carbocycles. The Balaban J connectivity index is 1.89. The minimum atomic E-state index is -4.66. The fourth-order valence-electron chi connectivity index (χ4n) is 3.50. The molecule has 13 heteroatoms. The average Bonchev–Trinajstić information content (AvgIpc) is 2.99. The van der Waals surface area contributed by atoms with Gasteiger partial charge in [0.2, 0.25) is 0 Å². The highest BCUT2D eigenvalue weighted by atomic mass is 32.2. The van der Waals surface area contributed by atoms with E-state index in [-0.39, 0.29) is 5.82 Å². The Hall–Kier alpha value is -2.80. The van der Waals surface area contributed by atoms with Crippen LogP contribution in [-0.2, 0) is 10.0 Å². The van der Waals surface area contributed by atoms with Gasteiger partial charge in [-0.05, 0) is 22.0 Å². The highest BCUT2D eigenvalue weighted by Gasteiger charge is 2.49. The van der Waals surface area contributed by atoms with Crippen LogP contribution in [-0.4, -0.2) is 53.0 Å². The summed E-state index contributed by atoms with van der Waals surface area (Å²) in [7, 11) is -1.56. The molecule has 3 rings (SSSR count). The molecule has 0 aliphatic heterocycles. The fraction of sp³-hybridized carbons (Fsp3) is 0.316. The predicted octanol–water partition coefficient (Wildman–Crippen LogP) is 1.89. The topological polar surface area (TPSA) is 93.2 Å². The first kappa shape index (κ1) is 23.9. The summed E-state index contributed by atoms with van der Waals surface area (Å²) in [4.78, 5) is 6.02. The van der Waals surface area contributed by atoms with Crippen molar-refractivity contribution in [2.45, 2.75) is 29.8 Å². The number of anilines is 1. The number of benzene rings is 1. The van der Waals surface area contributed by atoms with E-state index in [1.54, 1.807) is 18.8 Å². The molecule has 32 heavy (non-hydrogen) atoms. The lowest BCUT2D eigenvalue weighted by atomic mass is 10.0. The molecule has 0 radical (unpaired) electrons. The second-order valence-electron chi connectivity index (χ2n) is 7.05. The molecule has 0 amide bonds. The summed E-state index contributed by atoms with van der Waals surface area (Å²) in [6.07, 6.45) is 1.71. The number of nitrogens with one attached hydrogen (secondary N) is 2.